The van der Waals surface area contributed by atoms with E-state index in [0.29, 0.717) is 5.75 Å². The lowest BCUT2D eigenvalue weighted by molar-refractivity contribution is -0.156. The fraction of sp³-hybridized carbons (Fsp3) is 0.417. The van der Waals surface area contributed by atoms with E-state index in [9.17, 15) is 4.79 Å². The molecular weight excluding hydrogens is 224 g/mol. The number of hydrogen-bond acceptors (Lipinski definition) is 4. The predicted octanol–water partition coefficient (Wildman–Crippen LogP) is 2.61. The van der Waals surface area contributed by atoms with E-state index in [1.807, 2.05) is 19.1 Å². The van der Waals surface area contributed by atoms with Crippen LogP contribution in [0.25, 0.3) is 0 Å². The summed E-state index contributed by atoms with van der Waals surface area (Å²) in [6.45, 7) is 5.25. The van der Waals surface area contributed by atoms with Crippen LogP contribution >= 0.6 is 12.6 Å². The van der Waals surface area contributed by atoms with Gasteiger partial charge in [0.2, 0.25) is 0 Å². The average molecular weight is 240 g/mol. The molecule has 0 aromatic heterocycles. The van der Waals surface area contributed by atoms with Crippen molar-refractivity contribution in [3.05, 3.63) is 23.8 Å². The Balaban J connectivity index is 2.92. The average Bonchev–Trinajstić information content (AvgIpc) is 2.21. The van der Waals surface area contributed by atoms with Crippen molar-refractivity contribution in [2.45, 2.75) is 31.3 Å². The molecule has 0 aliphatic heterocycles. The summed E-state index contributed by atoms with van der Waals surface area (Å²) in [4.78, 5) is 12.3. The SMILES string of the molecule is COC(=O)C(C)(C)Oc1ccc(S)cc1C. The summed E-state index contributed by atoms with van der Waals surface area (Å²) in [5.41, 5.74) is -0.0538. The summed E-state index contributed by atoms with van der Waals surface area (Å²) in [7, 11) is 1.34. The van der Waals surface area contributed by atoms with E-state index in [0.717, 1.165) is 10.5 Å². The lowest BCUT2D eigenvalue weighted by atomic mass is 10.1. The van der Waals surface area contributed by atoms with Crippen LogP contribution in [-0.2, 0) is 9.53 Å². The van der Waals surface area contributed by atoms with E-state index >= 15 is 0 Å². The van der Waals surface area contributed by atoms with Gasteiger partial charge in [0.25, 0.3) is 0 Å². The Morgan fingerprint density at radius 3 is 2.50 bits per heavy atom. The highest BCUT2D eigenvalue weighted by Crippen LogP contribution is 2.25. The van der Waals surface area contributed by atoms with Gasteiger partial charge < -0.3 is 9.47 Å². The van der Waals surface area contributed by atoms with Crippen LogP contribution in [0.3, 0.4) is 0 Å². The Bertz CT molecular complexity index is 399. The minimum absolute atomic E-state index is 0.401. The molecule has 0 amide bonds. The third-order valence-corrected chi connectivity index (χ3v) is 2.48. The van der Waals surface area contributed by atoms with Crippen LogP contribution in [0.1, 0.15) is 19.4 Å². The summed E-state index contributed by atoms with van der Waals surface area (Å²) in [6, 6.07) is 5.49. The largest absolute Gasteiger partial charge is 0.476 e. The van der Waals surface area contributed by atoms with Crippen LogP contribution in [-0.4, -0.2) is 18.7 Å². The number of carbonyl (C=O) groups excluding carboxylic acids is 1. The number of carbonyl (C=O) groups is 1. The maximum Gasteiger partial charge on any atom is 0.349 e. The van der Waals surface area contributed by atoms with Gasteiger partial charge in [0.05, 0.1) is 7.11 Å². The van der Waals surface area contributed by atoms with Crippen LogP contribution in [0.5, 0.6) is 5.75 Å². The quantitative estimate of drug-likeness (QED) is 0.651. The molecule has 0 aliphatic carbocycles. The lowest BCUT2D eigenvalue weighted by Crippen LogP contribution is -2.39. The summed E-state index contributed by atoms with van der Waals surface area (Å²) < 4.78 is 10.3. The van der Waals surface area contributed by atoms with E-state index in [1.165, 1.54) is 7.11 Å². The molecule has 0 heterocycles. The molecular formula is C12H16O3S. The first kappa shape index (κ1) is 12.9. The van der Waals surface area contributed by atoms with Crippen molar-refractivity contribution in [3.63, 3.8) is 0 Å². The first-order valence-corrected chi connectivity index (χ1v) is 5.38. The topological polar surface area (TPSA) is 35.5 Å². The second-order valence-corrected chi connectivity index (χ2v) is 4.57. The van der Waals surface area contributed by atoms with Crippen molar-refractivity contribution in [2.75, 3.05) is 7.11 Å². The number of esters is 1. The van der Waals surface area contributed by atoms with Gasteiger partial charge in [0.15, 0.2) is 5.60 Å². The van der Waals surface area contributed by atoms with Crippen molar-refractivity contribution in [2.24, 2.45) is 0 Å². The third-order valence-electron chi connectivity index (χ3n) is 2.20. The molecule has 0 unspecified atom stereocenters. The number of methoxy groups -OCH3 is 1. The Labute approximate surface area is 101 Å². The fourth-order valence-corrected chi connectivity index (χ4v) is 1.58. The van der Waals surface area contributed by atoms with Crippen molar-refractivity contribution in [3.8, 4) is 5.75 Å². The molecule has 4 heteroatoms. The van der Waals surface area contributed by atoms with Crippen molar-refractivity contribution < 1.29 is 14.3 Å². The van der Waals surface area contributed by atoms with Crippen LogP contribution in [0.2, 0.25) is 0 Å². The highest BCUT2D eigenvalue weighted by Gasteiger charge is 2.31. The number of thiol groups is 1. The maximum absolute atomic E-state index is 11.5. The monoisotopic (exact) mass is 240 g/mol. The van der Waals surface area contributed by atoms with Gasteiger partial charge in [-0.2, -0.15) is 0 Å². The predicted molar refractivity (Wildman–Crippen MR) is 65.2 cm³/mol. The number of rotatable bonds is 3. The molecule has 0 N–H and O–H groups in total. The van der Waals surface area contributed by atoms with E-state index in [1.54, 1.807) is 19.9 Å². The molecule has 0 fully saturated rings. The van der Waals surface area contributed by atoms with Crippen molar-refractivity contribution in [1.82, 2.24) is 0 Å². The van der Waals surface area contributed by atoms with Gasteiger partial charge in [0, 0.05) is 4.90 Å². The molecule has 0 bridgehead atoms. The second kappa shape index (κ2) is 4.78. The molecule has 0 atom stereocenters. The summed E-state index contributed by atoms with van der Waals surface area (Å²) in [5.74, 6) is 0.259. The summed E-state index contributed by atoms with van der Waals surface area (Å²) >= 11 is 4.22. The van der Waals surface area contributed by atoms with Crippen LogP contribution in [0.4, 0.5) is 0 Å². The van der Waals surface area contributed by atoms with Gasteiger partial charge in [-0.05, 0) is 44.5 Å². The number of benzene rings is 1. The second-order valence-electron chi connectivity index (χ2n) is 4.05. The molecule has 0 saturated heterocycles. The van der Waals surface area contributed by atoms with Gasteiger partial charge in [-0.15, -0.1) is 12.6 Å². The first-order chi connectivity index (χ1) is 7.36. The number of ether oxygens (including phenoxy) is 2. The van der Waals surface area contributed by atoms with Gasteiger partial charge in [-0.1, -0.05) is 0 Å². The molecule has 1 aromatic rings. The van der Waals surface area contributed by atoms with E-state index < -0.39 is 11.6 Å². The molecule has 0 saturated carbocycles. The maximum atomic E-state index is 11.5. The zero-order chi connectivity index (χ0) is 12.3. The third kappa shape index (κ3) is 2.92. The molecule has 0 aliphatic rings. The van der Waals surface area contributed by atoms with Crippen molar-refractivity contribution >= 4 is 18.6 Å². The minimum Gasteiger partial charge on any atom is -0.476 e. The summed E-state index contributed by atoms with van der Waals surface area (Å²) in [6.07, 6.45) is 0. The van der Waals surface area contributed by atoms with E-state index in [2.05, 4.69) is 17.4 Å². The number of aryl methyl sites for hydroxylation is 1. The van der Waals surface area contributed by atoms with Crippen LogP contribution in [0, 0.1) is 6.92 Å². The molecule has 1 rings (SSSR count). The molecule has 88 valence electrons. The van der Waals surface area contributed by atoms with Gasteiger partial charge >= 0.3 is 5.97 Å². The smallest absolute Gasteiger partial charge is 0.349 e. The van der Waals surface area contributed by atoms with Crippen LogP contribution < -0.4 is 4.74 Å². The molecule has 0 spiro atoms. The zero-order valence-electron chi connectivity index (χ0n) is 9.90. The van der Waals surface area contributed by atoms with Crippen molar-refractivity contribution in [1.29, 1.82) is 0 Å². The Kier molecular flexibility index (Phi) is 3.86. The van der Waals surface area contributed by atoms with E-state index in [4.69, 9.17) is 4.74 Å². The van der Waals surface area contributed by atoms with Gasteiger partial charge in [0.1, 0.15) is 5.75 Å². The van der Waals surface area contributed by atoms with Gasteiger partial charge in [-0.25, -0.2) is 4.79 Å². The van der Waals surface area contributed by atoms with E-state index in [-0.39, 0.29) is 0 Å². The Morgan fingerprint density at radius 2 is 2.00 bits per heavy atom. The fourth-order valence-electron chi connectivity index (χ4n) is 1.31. The normalized spacial score (nSPS) is 11.1. The Hall–Kier alpha value is -1.16. The highest BCUT2D eigenvalue weighted by atomic mass is 32.1. The zero-order valence-corrected chi connectivity index (χ0v) is 10.8. The highest BCUT2D eigenvalue weighted by molar-refractivity contribution is 7.80. The minimum atomic E-state index is -0.988. The molecule has 0 radical (unpaired) electrons. The first-order valence-electron chi connectivity index (χ1n) is 4.94. The Morgan fingerprint density at radius 1 is 1.38 bits per heavy atom. The molecule has 16 heavy (non-hydrogen) atoms. The molecule has 1 aromatic carbocycles. The van der Waals surface area contributed by atoms with Crippen LogP contribution in [0.15, 0.2) is 23.1 Å². The number of hydrogen-bond donors (Lipinski definition) is 1. The molecule has 3 nitrogen and oxygen atoms in total. The summed E-state index contributed by atoms with van der Waals surface area (Å²) in [5, 5.41) is 0. The lowest BCUT2D eigenvalue weighted by Gasteiger charge is -2.24. The standard InChI is InChI=1S/C12H16O3S/c1-8-7-9(16)5-6-10(8)15-12(2,3)11(13)14-4/h5-7,16H,1-4H3. The van der Waals surface area contributed by atoms with Gasteiger partial charge in [-0.3, -0.25) is 0 Å².